The van der Waals surface area contributed by atoms with E-state index in [0.717, 1.165) is 12.8 Å². The van der Waals surface area contributed by atoms with E-state index in [0.29, 0.717) is 0 Å². The van der Waals surface area contributed by atoms with E-state index in [1.165, 1.54) is 111 Å². The Morgan fingerprint density at radius 3 is 1.13 bits per heavy atom. The summed E-state index contributed by atoms with van der Waals surface area (Å²) in [4.78, 5) is 0. The molecular formula is C50H54Hf2Si-6. The van der Waals surface area contributed by atoms with Crippen LogP contribution in [0.15, 0.2) is 146 Å². The van der Waals surface area contributed by atoms with Gasteiger partial charge < -0.3 is 29.7 Å². The maximum Gasteiger partial charge on any atom is 0.0377 e. The average Bonchev–Trinajstić information content (AvgIpc) is 3.93. The second-order valence-corrected chi connectivity index (χ2v) is 14.1. The van der Waals surface area contributed by atoms with Crippen LogP contribution in [-0.2, 0) is 64.5 Å². The summed E-state index contributed by atoms with van der Waals surface area (Å²) in [5.41, 5.74) is 8.15. The van der Waals surface area contributed by atoms with Gasteiger partial charge in [0.25, 0.3) is 0 Å². The van der Waals surface area contributed by atoms with Gasteiger partial charge in [-0.3, -0.25) is 0 Å². The van der Waals surface area contributed by atoms with Crippen molar-refractivity contribution in [3.05, 3.63) is 186 Å². The summed E-state index contributed by atoms with van der Waals surface area (Å²) in [6, 6.07) is 56.0. The Morgan fingerprint density at radius 2 is 0.774 bits per heavy atom. The second kappa shape index (κ2) is 23.1. The molecule has 0 atom stereocenters. The number of fused-ring (bicyclic) bond motifs is 4. The van der Waals surface area contributed by atoms with Gasteiger partial charge in [-0.1, -0.05) is 147 Å². The van der Waals surface area contributed by atoms with Crippen LogP contribution in [0.4, 0.5) is 0 Å². The van der Waals surface area contributed by atoms with E-state index in [1.807, 2.05) is 0 Å². The molecule has 0 amide bonds. The molecule has 9 rings (SSSR count). The maximum atomic E-state index is 2.34. The number of hydrogen-bond acceptors (Lipinski definition) is 0. The topological polar surface area (TPSA) is 0 Å². The van der Waals surface area contributed by atoms with Gasteiger partial charge in [0.15, 0.2) is 0 Å². The van der Waals surface area contributed by atoms with Gasteiger partial charge in [-0.05, 0) is 45.5 Å². The van der Waals surface area contributed by atoms with E-state index in [1.54, 1.807) is 0 Å². The number of hydrogen-bond donors (Lipinski definition) is 0. The third kappa shape index (κ3) is 10.8. The molecule has 1 aliphatic heterocycles. The molecule has 8 aromatic carbocycles. The third-order valence-electron chi connectivity index (χ3n) is 9.55. The molecule has 1 fully saturated rings. The molecular weight excluding hydrogens is 986 g/mol. The summed E-state index contributed by atoms with van der Waals surface area (Å²) < 4.78 is 0. The molecule has 0 N–H and O–H groups in total. The normalized spacial score (nSPS) is 11.2. The number of benzene rings is 6. The Bertz CT molecular complexity index is 2090. The van der Waals surface area contributed by atoms with E-state index in [2.05, 4.69) is 159 Å². The number of aryl methyl sites for hydroxylation is 2. The molecule has 2 radical (unpaired) electrons. The molecule has 0 aromatic heterocycles. The standard InChI is InChI=1S/2C21H17.C4H8Si.4CH3.2Hf/c2*1-2-15-13-17-9-6-12-20(21(17)14-15)19-11-5-8-16-7-3-4-10-18(16)19;1-2-4-5-3-1;;;;;;/h2*3-14H,2H2,1H3;1-4H2;4*1H3;;/q2*-1;;4*-1;;. The predicted octanol–water partition coefficient (Wildman–Crippen LogP) is 15.0. The largest absolute Gasteiger partial charge is 0.358 e. The van der Waals surface area contributed by atoms with Gasteiger partial charge in [0, 0.05) is 61.2 Å². The Labute approximate surface area is 361 Å². The first-order chi connectivity index (χ1) is 23.2. The molecule has 3 heteroatoms. The fourth-order valence-corrected chi connectivity index (χ4v) is 8.27. The summed E-state index contributed by atoms with van der Waals surface area (Å²) in [6.07, 6.45) is 5.20. The van der Waals surface area contributed by atoms with Crippen molar-refractivity contribution in [2.45, 2.75) is 51.6 Å². The first kappa shape index (κ1) is 48.0. The van der Waals surface area contributed by atoms with E-state index in [-0.39, 0.29) is 81.4 Å². The van der Waals surface area contributed by atoms with Crippen LogP contribution in [0.25, 0.3) is 65.3 Å². The van der Waals surface area contributed by atoms with Crippen molar-refractivity contribution in [3.63, 3.8) is 0 Å². The van der Waals surface area contributed by atoms with Crippen molar-refractivity contribution in [1.82, 2.24) is 0 Å². The molecule has 272 valence electrons. The fraction of sp³-hybridized carbons (Fsp3) is 0.160. The Kier molecular flexibility index (Phi) is 20.9. The number of rotatable bonds is 4. The molecule has 1 aliphatic rings. The summed E-state index contributed by atoms with van der Waals surface area (Å²) in [7, 11) is 1.31. The van der Waals surface area contributed by atoms with Gasteiger partial charge in [0.1, 0.15) is 0 Å². The van der Waals surface area contributed by atoms with Crippen LogP contribution in [0, 0.1) is 29.7 Å². The van der Waals surface area contributed by atoms with Gasteiger partial charge in [-0.15, -0.1) is 69.1 Å². The minimum absolute atomic E-state index is 0. The van der Waals surface area contributed by atoms with Crippen molar-refractivity contribution < 1.29 is 51.7 Å². The molecule has 0 spiro atoms. The summed E-state index contributed by atoms with van der Waals surface area (Å²) in [5.74, 6) is 0. The van der Waals surface area contributed by atoms with Gasteiger partial charge in [0.05, 0.1) is 0 Å². The Balaban J connectivity index is 0.000000425. The van der Waals surface area contributed by atoms with Crippen LogP contribution in [0.2, 0.25) is 12.1 Å². The van der Waals surface area contributed by atoms with Crippen LogP contribution in [0.5, 0.6) is 0 Å². The minimum Gasteiger partial charge on any atom is -0.358 e. The summed E-state index contributed by atoms with van der Waals surface area (Å²) in [6.45, 7) is 4.43. The zero-order chi connectivity index (χ0) is 32.0. The minimum atomic E-state index is 0. The van der Waals surface area contributed by atoms with Gasteiger partial charge >= 0.3 is 0 Å². The van der Waals surface area contributed by atoms with Crippen LogP contribution >= 0.6 is 0 Å². The maximum absolute atomic E-state index is 2.34. The Morgan fingerprint density at radius 1 is 0.434 bits per heavy atom. The van der Waals surface area contributed by atoms with Crippen LogP contribution in [0.1, 0.15) is 37.8 Å². The van der Waals surface area contributed by atoms with Crippen molar-refractivity contribution in [2.24, 2.45) is 0 Å². The molecule has 0 nitrogen and oxygen atoms in total. The third-order valence-corrected chi connectivity index (χ3v) is 11.0. The zero-order valence-electron chi connectivity index (χ0n) is 32.6. The van der Waals surface area contributed by atoms with Crippen LogP contribution in [-0.4, -0.2) is 9.52 Å². The van der Waals surface area contributed by atoms with Crippen molar-refractivity contribution >= 4 is 52.6 Å². The smallest absolute Gasteiger partial charge is 0.0377 e. The summed E-state index contributed by atoms with van der Waals surface area (Å²) in [5, 5.41) is 10.7. The van der Waals surface area contributed by atoms with Crippen molar-refractivity contribution in [1.29, 1.82) is 0 Å². The average molecular weight is 1040 g/mol. The molecule has 1 heterocycles. The predicted molar refractivity (Wildman–Crippen MR) is 234 cm³/mol. The zero-order valence-corrected chi connectivity index (χ0v) is 40.8. The first-order valence-corrected chi connectivity index (χ1v) is 18.7. The van der Waals surface area contributed by atoms with Crippen LogP contribution < -0.4 is 0 Å². The molecule has 53 heavy (non-hydrogen) atoms. The summed E-state index contributed by atoms with van der Waals surface area (Å²) >= 11 is 0. The van der Waals surface area contributed by atoms with E-state index in [4.69, 9.17) is 0 Å². The SMILES string of the molecule is C1CC[Si]C1.CCc1cc2c(-c3cccc4ccccc34)cccc2[cH-]1.CCc1cc2c(-c3cccc4ccccc34)cccc2[cH-]1.[CH3-].[CH3-].[CH3-].[CH3-].[Hf].[Hf]. The van der Waals surface area contributed by atoms with Crippen molar-refractivity contribution in [2.75, 3.05) is 0 Å². The monoisotopic (exact) mass is 1040 g/mol. The first-order valence-electron chi connectivity index (χ1n) is 17.3. The van der Waals surface area contributed by atoms with E-state index < -0.39 is 0 Å². The van der Waals surface area contributed by atoms with Gasteiger partial charge in [-0.2, -0.15) is 12.1 Å². The molecule has 8 aromatic rings. The fourth-order valence-electron chi connectivity index (χ4n) is 7.02. The molecule has 0 bridgehead atoms. The Hall–Kier alpha value is -2.98. The second-order valence-electron chi connectivity index (χ2n) is 12.6. The molecule has 0 saturated carbocycles. The van der Waals surface area contributed by atoms with Gasteiger partial charge in [0.2, 0.25) is 0 Å². The van der Waals surface area contributed by atoms with Crippen LogP contribution in [0.3, 0.4) is 0 Å². The van der Waals surface area contributed by atoms with Crippen molar-refractivity contribution in [3.8, 4) is 22.3 Å². The van der Waals surface area contributed by atoms with E-state index in [9.17, 15) is 0 Å². The van der Waals surface area contributed by atoms with Gasteiger partial charge in [-0.25, -0.2) is 0 Å². The molecule has 0 aliphatic carbocycles. The molecule has 0 unspecified atom stereocenters. The molecule has 1 saturated heterocycles. The quantitative estimate of drug-likeness (QED) is 0.122. The van der Waals surface area contributed by atoms with E-state index >= 15 is 0 Å².